The lowest BCUT2D eigenvalue weighted by atomic mass is 10.1. The molecule has 15 heavy (non-hydrogen) atoms. The van der Waals surface area contributed by atoms with Crippen LogP contribution in [-0.4, -0.2) is 27.0 Å². The van der Waals surface area contributed by atoms with Crippen molar-refractivity contribution in [3.8, 4) is 0 Å². The Balaban J connectivity index is 4.04. The van der Waals surface area contributed by atoms with Crippen molar-refractivity contribution in [2.75, 3.05) is 6.61 Å². The van der Waals surface area contributed by atoms with E-state index < -0.39 is 11.0 Å². The van der Waals surface area contributed by atoms with Crippen molar-refractivity contribution in [3.05, 3.63) is 12.7 Å². The molecule has 0 heterocycles. The van der Waals surface area contributed by atoms with E-state index in [0.717, 1.165) is 18.9 Å². The Hall–Kier alpha value is -0.880. The number of thiol groups is 1. The van der Waals surface area contributed by atoms with Crippen LogP contribution in [0.15, 0.2) is 12.7 Å². The van der Waals surface area contributed by atoms with Gasteiger partial charge in [0.2, 0.25) is 5.91 Å². The van der Waals surface area contributed by atoms with Crippen molar-refractivity contribution in [2.45, 2.75) is 32.2 Å². The van der Waals surface area contributed by atoms with Gasteiger partial charge in [-0.05, 0) is 12.5 Å². The standard InChI is InChI=1S/C9H17NO4S/c1-3-5-6-8(7-14-15(12)13)10-9(11)4-2/h4,8,15H,2-3,5-7H2,1H3,(H,10,11)/t8-/m1/s1. The summed E-state index contributed by atoms with van der Waals surface area (Å²) in [7, 11) is -2.85. The van der Waals surface area contributed by atoms with E-state index in [4.69, 9.17) is 0 Å². The van der Waals surface area contributed by atoms with Gasteiger partial charge in [-0.1, -0.05) is 26.3 Å². The van der Waals surface area contributed by atoms with Crippen molar-refractivity contribution in [3.63, 3.8) is 0 Å². The molecule has 0 aliphatic carbocycles. The average Bonchev–Trinajstić information content (AvgIpc) is 2.21. The highest BCUT2D eigenvalue weighted by molar-refractivity contribution is 7.67. The predicted molar refractivity (Wildman–Crippen MR) is 57.9 cm³/mol. The number of hydrogen-bond acceptors (Lipinski definition) is 4. The summed E-state index contributed by atoms with van der Waals surface area (Å²) >= 11 is 0. The maximum Gasteiger partial charge on any atom is 0.257 e. The monoisotopic (exact) mass is 235 g/mol. The van der Waals surface area contributed by atoms with Gasteiger partial charge in [-0.25, -0.2) is 8.42 Å². The van der Waals surface area contributed by atoms with Crippen LogP contribution in [0.4, 0.5) is 0 Å². The molecular formula is C9H17NO4S. The Morgan fingerprint density at radius 1 is 1.60 bits per heavy atom. The second-order valence-corrected chi connectivity index (χ2v) is 3.78. The van der Waals surface area contributed by atoms with Crippen LogP contribution in [-0.2, 0) is 20.0 Å². The highest BCUT2D eigenvalue weighted by Crippen LogP contribution is 2.01. The Morgan fingerprint density at radius 3 is 2.73 bits per heavy atom. The Morgan fingerprint density at radius 2 is 2.27 bits per heavy atom. The minimum atomic E-state index is -2.85. The fourth-order valence-corrected chi connectivity index (χ4v) is 1.36. The fourth-order valence-electron chi connectivity index (χ4n) is 1.06. The van der Waals surface area contributed by atoms with E-state index in [0.29, 0.717) is 6.42 Å². The zero-order valence-corrected chi connectivity index (χ0v) is 9.66. The van der Waals surface area contributed by atoms with Gasteiger partial charge in [-0.15, -0.1) is 0 Å². The van der Waals surface area contributed by atoms with Gasteiger partial charge in [0.25, 0.3) is 11.0 Å². The molecule has 0 fully saturated rings. The van der Waals surface area contributed by atoms with E-state index in [1.165, 1.54) is 0 Å². The molecule has 0 aromatic rings. The van der Waals surface area contributed by atoms with Crippen molar-refractivity contribution in [1.29, 1.82) is 0 Å². The molecule has 0 aliphatic rings. The number of rotatable bonds is 8. The third-order valence-electron chi connectivity index (χ3n) is 1.82. The fraction of sp³-hybridized carbons (Fsp3) is 0.667. The number of amides is 1. The van der Waals surface area contributed by atoms with Crippen LogP contribution < -0.4 is 5.32 Å². The third-order valence-corrected chi connectivity index (χ3v) is 2.18. The van der Waals surface area contributed by atoms with Gasteiger partial charge in [0.1, 0.15) is 0 Å². The largest absolute Gasteiger partial charge is 0.347 e. The van der Waals surface area contributed by atoms with Gasteiger partial charge in [0.15, 0.2) is 0 Å². The molecule has 88 valence electrons. The topological polar surface area (TPSA) is 72.5 Å². The quantitative estimate of drug-likeness (QED) is 0.471. The molecule has 6 heteroatoms. The summed E-state index contributed by atoms with van der Waals surface area (Å²) in [6.45, 7) is 5.32. The first kappa shape index (κ1) is 14.1. The summed E-state index contributed by atoms with van der Waals surface area (Å²) in [5.41, 5.74) is 0. The normalized spacial score (nSPS) is 12.4. The molecule has 0 aromatic heterocycles. The third kappa shape index (κ3) is 8.14. The molecule has 0 radical (unpaired) electrons. The molecule has 0 bridgehead atoms. The second-order valence-electron chi connectivity index (χ2n) is 3.07. The summed E-state index contributed by atoms with van der Waals surface area (Å²) < 4.78 is 24.9. The Labute approximate surface area is 91.7 Å². The lowest BCUT2D eigenvalue weighted by molar-refractivity contribution is -0.117. The van der Waals surface area contributed by atoms with Crippen LogP contribution in [0.5, 0.6) is 0 Å². The lowest BCUT2D eigenvalue weighted by Crippen LogP contribution is -2.37. The van der Waals surface area contributed by atoms with E-state index in [2.05, 4.69) is 16.1 Å². The predicted octanol–water partition coefficient (Wildman–Crippen LogP) is 0.390. The molecule has 0 saturated heterocycles. The van der Waals surface area contributed by atoms with Crippen LogP contribution in [0.1, 0.15) is 26.2 Å². The minimum Gasteiger partial charge on any atom is -0.347 e. The number of nitrogens with one attached hydrogen (secondary N) is 1. The van der Waals surface area contributed by atoms with Crippen molar-refractivity contribution in [2.24, 2.45) is 0 Å². The number of unbranched alkanes of at least 4 members (excludes halogenated alkanes) is 1. The Bertz CT molecular complexity index is 267. The molecule has 1 amide bonds. The maximum absolute atomic E-state index is 11.0. The smallest absolute Gasteiger partial charge is 0.257 e. The van der Waals surface area contributed by atoms with E-state index >= 15 is 0 Å². The maximum atomic E-state index is 11.0. The highest BCUT2D eigenvalue weighted by atomic mass is 32.2. The van der Waals surface area contributed by atoms with Gasteiger partial charge in [-0.3, -0.25) is 8.98 Å². The number of carbonyl (C=O) groups excluding carboxylic acids is 1. The molecule has 0 spiro atoms. The van der Waals surface area contributed by atoms with Crippen LogP contribution >= 0.6 is 0 Å². The van der Waals surface area contributed by atoms with Gasteiger partial charge in [0, 0.05) is 0 Å². The highest BCUT2D eigenvalue weighted by Gasteiger charge is 2.10. The van der Waals surface area contributed by atoms with Crippen molar-refractivity contribution >= 4 is 16.9 Å². The van der Waals surface area contributed by atoms with Crippen LogP contribution in [0.2, 0.25) is 0 Å². The van der Waals surface area contributed by atoms with Crippen molar-refractivity contribution in [1.82, 2.24) is 5.32 Å². The van der Waals surface area contributed by atoms with Gasteiger partial charge in [0.05, 0.1) is 12.6 Å². The molecule has 0 aliphatic heterocycles. The summed E-state index contributed by atoms with van der Waals surface area (Å²) in [4.78, 5) is 11.0. The van der Waals surface area contributed by atoms with E-state index in [1.54, 1.807) is 0 Å². The van der Waals surface area contributed by atoms with Gasteiger partial charge >= 0.3 is 0 Å². The van der Waals surface area contributed by atoms with Crippen LogP contribution in [0.3, 0.4) is 0 Å². The summed E-state index contributed by atoms with van der Waals surface area (Å²) in [6, 6.07) is -0.275. The van der Waals surface area contributed by atoms with Crippen LogP contribution in [0, 0.1) is 0 Å². The zero-order chi connectivity index (χ0) is 11.7. The molecule has 1 N–H and O–H groups in total. The average molecular weight is 235 g/mol. The summed E-state index contributed by atoms with van der Waals surface area (Å²) in [5.74, 6) is -0.319. The summed E-state index contributed by atoms with van der Waals surface area (Å²) in [6.07, 6.45) is 3.72. The SMILES string of the molecule is C=CC(=O)N[C@H](CCCC)CO[SH](=O)=O. The zero-order valence-electron chi connectivity index (χ0n) is 8.77. The first-order chi connectivity index (χ1) is 7.10. The molecule has 0 unspecified atom stereocenters. The number of carbonyl (C=O) groups is 1. The minimum absolute atomic E-state index is 0.0156. The van der Waals surface area contributed by atoms with Crippen LogP contribution in [0.25, 0.3) is 0 Å². The van der Waals surface area contributed by atoms with E-state index in [-0.39, 0.29) is 18.6 Å². The first-order valence-corrected chi connectivity index (χ1v) is 5.90. The number of hydrogen-bond donors (Lipinski definition) is 2. The molecule has 1 atom stereocenters. The first-order valence-electron chi connectivity index (χ1n) is 4.80. The van der Waals surface area contributed by atoms with Crippen molar-refractivity contribution < 1.29 is 17.4 Å². The molecule has 0 saturated carbocycles. The summed E-state index contributed by atoms with van der Waals surface area (Å²) in [5, 5.41) is 2.61. The molecular weight excluding hydrogens is 218 g/mol. The van der Waals surface area contributed by atoms with E-state index in [9.17, 15) is 13.2 Å². The van der Waals surface area contributed by atoms with Gasteiger partial charge < -0.3 is 5.32 Å². The molecule has 0 aromatic carbocycles. The van der Waals surface area contributed by atoms with E-state index in [1.807, 2.05) is 6.92 Å². The Kier molecular flexibility index (Phi) is 7.94. The lowest BCUT2D eigenvalue weighted by Gasteiger charge is -2.15. The second kappa shape index (κ2) is 8.43. The molecule has 0 rings (SSSR count). The molecule has 5 nitrogen and oxygen atoms in total. The van der Waals surface area contributed by atoms with Gasteiger partial charge in [-0.2, -0.15) is 0 Å².